The van der Waals surface area contributed by atoms with E-state index in [1.807, 2.05) is 32.6 Å². The standard InChI is InChI=1S/C20H25N3O3.ClH/c1-13(2)23(14(3)4)20(25)15-6-5-7-17(10-15)26-18-9-8-16(12-22-21)19(24)11-18;/h5-14,24H,21H2,1-4H3;1H. The number of hydrazone groups is 1. The smallest absolute Gasteiger partial charge is 0.254 e. The van der Waals surface area contributed by atoms with Crippen molar-refractivity contribution in [3.8, 4) is 17.2 Å². The molecule has 0 spiro atoms. The number of carbonyl (C=O) groups excluding carboxylic acids is 1. The van der Waals surface area contributed by atoms with Gasteiger partial charge < -0.3 is 20.6 Å². The van der Waals surface area contributed by atoms with Crippen LogP contribution in [-0.2, 0) is 0 Å². The van der Waals surface area contributed by atoms with Gasteiger partial charge in [-0.05, 0) is 58.0 Å². The van der Waals surface area contributed by atoms with E-state index >= 15 is 0 Å². The molecule has 2 aromatic carbocycles. The predicted molar refractivity (Wildman–Crippen MR) is 110 cm³/mol. The molecule has 2 rings (SSSR count). The number of phenols is 1. The fraction of sp³-hybridized carbons (Fsp3) is 0.300. The Morgan fingerprint density at radius 1 is 1.11 bits per heavy atom. The first-order valence-electron chi connectivity index (χ1n) is 8.50. The Labute approximate surface area is 166 Å². The van der Waals surface area contributed by atoms with Crippen LogP contribution in [0.25, 0.3) is 0 Å². The van der Waals surface area contributed by atoms with E-state index in [1.165, 1.54) is 12.3 Å². The molecule has 146 valence electrons. The van der Waals surface area contributed by atoms with Crippen molar-refractivity contribution in [1.29, 1.82) is 0 Å². The molecule has 0 heterocycles. The number of phenolic OH excluding ortho intramolecular Hbond substituents is 1. The van der Waals surface area contributed by atoms with Gasteiger partial charge in [-0.25, -0.2) is 0 Å². The van der Waals surface area contributed by atoms with Crippen LogP contribution in [0.15, 0.2) is 47.6 Å². The van der Waals surface area contributed by atoms with Crippen LogP contribution in [0.5, 0.6) is 17.2 Å². The van der Waals surface area contributed by atoms with E-state index in [1.54, 1.807) is 36.4 Å². The van der Waals surface area contributed by atoms with Crippen LogP contribution in [0.2, 0.25) is 0 Å². The van der Waals surface area contributed by atoms with E-state index in [0.29, 0.717) is 22.6 Å². The summed E-state index contributed by atoms with van der Waals surface area (Å²) in [6, 6.07) is 12.0. The highest BCUT2D eigenvalue weighted by atomic mass is 35.5. The number of hydrogen-bond acceptors (Lipinski definition) is 5. The molecule has 2 aromatic rings. The highest BCUT2D eigenvalue weighted by molar-refractivity contribution is 5.95. The van der Waals surface area contributed by atoms with Gasteiger partial charge in [0.25, 0.3) is 5.91 Å². The largest absolute Gasteiger partial charge is 0.507 e. The Morgan fingerprint density at radius 2 is 1.74 bits per heavy atom. The van der Waals surface area contributed by atoms with Crippen molar-refractivity contribution in [1.82, 2.24) is 4.90 Å². The summed E-state index contributed by atoms with van der Waals surface area (Å²) in [5, 5.41) is 13.3. The number of aromatic hydroxyl groups is 1. The van der Waals surface area contributed by atoms with Crippen molar-refractivity contribution in [3.05, 3.63) is 53.6 Å². The quantitative estimate of drug-likeness (QED) is 0.439. The lowest BCUT2D eigenvalue weighted by atomic mass is 10.1. The van der Waals surface area contributed by atoms with Crippen LogP contribution in [-0.4, -0.2) is 34.2 Å². The first kappa shape index (κ1) is 22.3. The van der Waals surface area contributed by atoms with E-state index in [9.17, 15) is 9.90 Å². The molecule has 0 unspecified atom stereocenters. The highest BCUT2D eigenvalue weighted by Gasteiger charge is 2.21. The second-order valence-electron chi connectivity index (χ2n) is 6.53. The number of carbonyl (C=O) groups is 1. The summed E-state index contributed by atoms with van der Waals surface area (Å²) >= 11 is 0. The third-order valence-electron chi connectivity index (χ3n) is 3.88. The first-order valence-corrected chi connectivity index (χ1v) is 8.50. The van der Waals surface area contributed by atoms with Crippen LogP contribution in [0.3, 0.4) is 0 Å². The summed E-state index contributed by atoms with van der Waals surface area (Å²) in [6.07, 6.45) is 1.35. The zero-order valence-corrected chi connectivity index (χ0v) is 16.7. The van der Waals surface area contributed by atoms with Crippen molar-refractivity contribution in [2.75, 3.05) is 0 Å². The van der Waals surface area contributed by atoms with Gasteiger partial charge >= 0.3 is 0 Å². The SMILES string of the molecule is CC(C)N(C(=O)c1cccc(Oc2ccc(C=NN)c(O)c2)c1)C(C)C.Cl. The van der Waals surface area contributed by atoms with Gasteiger partial charge in [0.1, 0.15) is 17.2 Å². The molecular formula is C20H26ClN3O3. The molecule has 0 saturated heterocycles. The number of nitrogens with two attached hydrogens (primary N) is 1. The molecule has 1 amide bonds. The van der Waals surface area contributed by atoms with Gasteiger partial charge in [0.15, 0.2) is 0 Å². The third-order valence-corrected chi connectivity index (χ3v) is 3.88. The van der Waals surface area contributed by atoms with Crippen molar-refractivity contribution in [2.45, 2.75) is 39.8 Å². The van der Waals surface area contributed by atoms with E-state index < -0.39 is 0 Å². The van der Waals surface area contributed by atoms with Crippen LogP contribution in [0, 0.1) is 0 Å². The Bertz CT molecular complexity index is 799. The van der Waals surface area contributed by atoms with E-state index in [-0.39, 0.29) is 36.1 Å². The summed E-state index contributed by atoms with van der Waals surface area (Å²) in [5.74, 6) is 6.03. The van der Waals surface area contributed by atoms with E-state index in [4.69, 9.17) is 10.6 Å². The number of halogens is 1. The lowest BCUT2D eigenvalue weighted by Crippen LogP contribution is -2.42. The molecule has 0 fully saturated rings. The fourth-order valence-electron chi connectivity index (χ4n) is 2.82. The summed E-state index contributed by atoms with van der Waals surface area (Å²) in [7, 11) is 0. The summed E-state index contributed by atoms with van der Waals surface area (Å²) in [5.41, 5.74) is 1.05. The summed E-state index contributed by atoms with van der Waals surface area (Å²) in [4.78, 5) is 14.6. The molecule has 0 aliphatic rings. The van der Waals surface area contributed by atoms with E-state index in [2.05, 4.69) is 5.10 Å². The maximum Gasteiger partial charge on any atom is 0.254 e. The second-order valence-corrected chi connectivity index (χ2v) is 6.53. The van der Waals surface area contributed by atoms with Crippen LogP contribution < -0.4 is 10.6 Å². The monoisotopic (exact) mass is 391 g/mol. The molecule has 0 bridgehead atoms. The number of ether oxygens (including phenoxy) is 1. The minimum absolute atomic E-state index is 0. The van der Waals surface area contributed by atoms with Gasteiger partial charge in [0.05, 0.1) is 6.21 Å². The maximum atomic E-state index is 12.8. The molecule has 0 saturated carbocycles. The van der Waals surface area contributed by atoms with Crippen LogP contribution in [0.4, 0.5) is 0 Å². The maximum absolute atomic E-state index is 12.8. The number of benzene rings is 2. The van der Waals surface area contributed by atoms with Gasteiger partial charge in [0, 0.05) is 29.3 Å². The summed E-state index contributed by atoms with van der Waals surface area (Å²) < 4.78 is 5.78. The zero-order valence-electron chi connectivity index (χ0n) is 15.9. The predicted octanol–water partition coefficient (Wildman–Crippen LogP) is 4.16. The lowest BCUT2D eigenvalue weighted by molar-refractivity contribution is 0.0643. The van der Waals surface area contributed by atoms with Crippen LogP contribution >= 0.6 is 12.4 Å². The number of nitrogens with zero attached hydrogens (tertiary/aromatic N) is 2. The molecule has 0 aliphatic carbocycles. The normalized spacial score (nSPS) is 10.9. The molecule has 7 heteroatoms. The molecule has 0 aromatic heterocycles. The number of hydrogen-bond donors (Lipinski definition) is 2. The topological polar surface area (TPSA) is 88.2 Å². The average molecular weight is 392 g/mol. The average Bonchev–Trinajstić information content (AvgIpc) is 2.57. The Morgan fingerprint density at radius 3 is 2.30 bits per heavy atom. The molecule has 0 aliphatic heterocycles. The Kier molecular flexibility index (Phi) is 8.12. The minimum Gasteiger partial charge on any atom is -0.507 e. The molecule has 6 nitrogen and oxygen atoms in total. The highest BCUT2D eigenvalue weighted by Crippen LogP contribution is 2.28. The van der Waals surface area contributed by atoms with Crippen molar-refractivity contribution >= 4 is 24.5 Å². The van der Waals surface area contributed by atoms with Gasteiger partial charge in [0.2, 0.25) is 0 Å². The lowest BCUT2D eigenvalue weighted by Gasteiger charge is -2.31. The Balaban J connectivity index is 0.00000364. The van der Waals surface area contributed by atoms with E-state index in [0.717, 1.165) is 0 Å². The Hall–Kier alpha value is -2.73. The summed E-state index contributed by atoms with van der Waals surface area (Å²) in [6.45, 7) is 7.97. The van der Waals surface area contributed by atoms with Crippen molar-refractivity contribution in [2.24, 2.45) is 10.9 Å². The first-order chi connectivity index (χ1) is 12.3. The van der Waals surface area contributed by atoms with Crippen LogP contribution in [0.1, 0.15) is 43.6 Å². The van der Waals surface area contributed by atoms with Gasteiger partial charge in [-0.15, -0.1) is 12.4 Å². The molecular weight excluding hydrogens is 366 g/mol. The van der Waals surface area contributed by atoms with Gasteiger partial charge in [-0.2, -0.15) is 5.10 Å². The van der Waals surface area contributed by atoms with Gasteiger partial charge in [-0.3, -0.25) is 4.79 Å². The minimum atomic E-state index is -0.0437. The molecule has 0 atom stereocenters. The fourth-order valence-corrected chi connectivity index (χ4v) is 2.82. The van der Waals surface area contributed by atoms with Crippen molar-refractivity contribution < 1.29 is 14.6 Å². The third kappa shape index (κ3) is 5.62. The number of amides is 1. The second kappa shape index (κ2) is 9.83. The molecule has 0 radical (unpaired) electrons. The number of rotatable bonds is 6. The zero-order chi connectivity index (χ0) is 19.3. The van der Waals surface area contributed by atoms with Gasteiger partial charge in [-0.1, -0.05) is 6.07 Å². The molecule has 27 heavy (non-hydrogen) atoms. The molecule has 3 N–H and O–H groups in total. The van der Waals surface area contributed by atoms with Crippen molar-refractivity contribution in [3.63, 3.8) is 0 Å².